The van der Waals surface area contributed by atoms with E-state index >= 15 is 0 Å². The van der Waals surface area contributed by atoms with E-state index in [1.54, 1.807) is 16.7 Å². The molecule has 1 aliphatic heterocycles. The Bertz CT molecular complexity index is 858. The number of amides is 2. The van der Waals surface area contributed by atoms with Gasteiger partial charge in [0.05, 0.1) is 12.1 Å². The quantitative estimate of drug-likeness (QED) is 0.699. The van der Waals surface area contributed by atoms with Crippen LogP contribution in [0.1, 0.15) is 37.8 Å². The maximum Gasteiger partial charge on any atom is 0.249 e. The van der Waals surface area contributed by atoms with Gasteiger partial charge in [-0.3, -0.25) is 9.59 Å². The molecule has 1 saturated heterocycles. The van der Waals surface area contributed by atoms with Crippen LogP contribution in [0.3, 0.4) is 0 Å². The molecule has 3 heterocycles. The number of rotatable bonds is 8. The number of fused-ring (bicyclic) bond motifs is 1. The number of imidazole rings is 1. The molecule has 28 heavy (non-hydrogen) atoms. The summed E-state index contributed by atoms with van der Waals surface area (Å²) in [5, 5.41) is 2.90. The first kappa shape index (κ1) is 18.9. The molecule has 2 aromatic heterocycles. The van der Waals surface area contributed by atoms with Gasteiger partial charge in [0.15, 0.2) is 0 Å². The minimum absolute atomic E-state index is 0.0248. The topological polar surface area (TPSA) is 75.9 Å². The van der Waals surface area contributed by atoms with Crippen LogP contribution in [-0.2, 0) is 20.7 Å². The van der Waals surface area contributed by atoms with Gasteiger partial charge in [0, 0.05) is 38.1 Å². The van der Waals surface area contributed by atoms with Crippen molar-refractivity contribution in [3.8, 4) is 0 Å². The lowest BCUT2D eigenvalue weighted by atomic mass is 10.2. The summed E-state index contributed by atoms with van der Waals surface area (Å²) in [4.78, 5) is 31.0. The molecule has 2 amide bonds. The zero-order valence-corrected chi connectivity index (χ0v) is 15.8. The Morgan fingerprint density at radius 3 is 2.89 bits per heavy atom. The molecule has 0 aromatic carbocycles. The highest BCUT2D eigenvalue weighted by Crippen LogP contribution is 2.27. The molecular weight excluding hydrogens is 363 g/mol. The average molecular weight is 388 g/mol. The van der Waals surface area contributed by atoms with Gasteiger partial charge in [-0.1, -0.05) is 0 Å². The second kappa shape index (κ2) is 8.26. The fourth-order valence-electron chi connectivity index (χ4n) is 3.62. The SMILES string of the molecule is O=C(NCCCN(C(=O)Cc1cn2cc(F)ccc2n1)C1CC1)C1CCCO1. The Kier molecular flexibility index (Phi) is 5.57. The van der Waals surface area contributed by atoms with Crippen LogP contribution in [0.5, 0.6) is 0 Å². The van der Waals surface area contributed by atoms with E-state index in [1.165, 1.54) is 12.3 Å². The van der Waals surface area contributed by atoms with Gasteiger partial charge < -0.3 is 19.4 Å². The molecule has 0 spiro atoms. The molecule has 150 valence electrons. The Hall–Kier alpha value is -2.48. The highest BCUT2D eigenvalue weighted by molar-refractivity contribution is 5.81. The molecule has 1 aliphatic carbocycles. The number of halogens is 1. The molecule has 1 unspecified atom stereocenters. The summed E-state index contributed by atoms with van der Waals surface area (Å²) >= 11 is 0. The van der Waals surface area contributed by atoms with Crippen molar-refractivity contribution in [1.29, 1.82) is 0 Å². The molecule has 1 saturated carbocycles. The van der Waals surface area contributed by atoms with Crippen molar-refractivity contribution in [3.63, 3.8) is 0 Å². The van der Waals surface area contributed by atoms with Gasteiger partial charge in [-0.05, 0) is 44.2 Å². The Balaban J connectivity index is 1.28. The van der Waals surface area contributed by atoms with Gasteiger partial charge in [0.25, 0.3) is 0 Å². The lowest BCUT2D eigenvalue weighted by Crippen LogP contribution is -2.39. The second-order valence-corrected chi connectivity index (χ2v) is 7.49. The molecule has 2 fully saturated rings. The molecule has 1 N–H and O–H groups in total. The van der Waals surface area contributed by atoms with Crippen LogP contribution in [0.4, 0.5) is 4.39 Å². The van der Waals surface area contributed by atoms with Gasteiger partial charge >= 0.3 is 0 Å². The maximum absolute atomic E-state index is 13.3. The first-order valence-corrected chi connectivity index (χ1v) is 9.92. The Morgan fingerprint density at radius 2 is 2.14 bits per heavy atom. The predicted molar refractivity (Wildman–Crippen MR) is 100 cm³/mol. The molecule has 0 bridgehead atoms. The number of hydrogen-bond donors (Lipinski definition) is 1. The highest BCUT2D eigenvalue weighted by Gasteiger charge is 2.32. The minimum Gasteiger partial charge on any atom is -0.368 e. The van der Waals surface area contributed by atoms with Crippen LogP contribution in [0, 0.1) is 5.82 Å². The van der Waals surface area contributed by atoms with Crippen LogP contribution in [0.2, 0.25) is 0 Å². The number of carbonyl (C=O) groups is 2. The molecule has 0 radical (unpaired) electrons. The van der Waals surface area contributed by atoms with Crippen LogP contribution in [0.15, 0.2) is 24.5 Å². The van der Waals surface area contributed by atoms with Crippen LogP contribution in [-0.4, -0.2) is 57.9 Å². The summed E-state index contributed by atoms with van der Waals surface area (Å²) in [5.74, 6) is -0.372. The second-order valence-electron chi connectivity index (χ2n) is 7.49. The number of ether oxygens (including phenoxy) is 1. The number of pyridine rings is 1. The summed E-state index contributed by atoms with van der Waals surface area (Å²) in [6, 6.07) is 3.24. The van der Waals surface area contributed by atoms with E-state index < -0.39 is 0 Å². The van der Waals surface area contributed by atoms with Crippen molar-refractivity contribution >= 4 is 17.5 Å². The largest absolute Gasteiger partial charge is 0.368 e. The van der Waals surface area contributed by atoms with Gasteiger partial charge in [0.2, 0.25) is 11.8 Å². The first-order chi connectivity index (χ1) is 13.6. The highest BCUT2D eigenvalue weighted by atomic mass is 19.1. The van der Waals surface area contributed by atoms with Crippen molar-refractivity contribution in [2.75, 3.05) is 19.7 Å². The van der Waals surface area contributed by atoms with Crippen molar-refractivity contribution in [2.24, 2.45) is 0 Å². The summed E-state index contributed by atoms with van der Waals surface area (Å²) in [5.41, 5.74) is 1.26. The van der Waals surface area contributed by atoms with Gasteiger partial charge in [0.1, 0.15) is 17.6 Å². The van der Waals surface area contributed by atoms with E-state index in [0.717, 1.165) is 25.7 Å². The number of nitrogens with zero attached hydrogens (tertiary/aromatic N) is 3. The fraction of sp³-hybridized carbons (Fsp3) is 0.550. The predicted octanol–water partition coefficient (Wildman–Crippen LogP) is 1.69. The maximum atomic E-state index is 13.3. The number of aromatic nitrogens is 2. The molecule has 7 nitrogen and oxygen atoms in total. The zero-order valence-electron chi connectivity index (χ0n) is 15.8. The van der Waals surface area contributed by atoms with E-state index in [2.05, 4.69) is 10.3 Å². The van der Waals surface area contributed by atoms with Crippen LogP contribution >= 0.6 is 0 Å². The summed E-state index contributed by atoms with van der Waals surface area (Å²) in [6.07, 6.45) is 7.38. The number of nitrogens with one attached hydrogen (secondary N) is 1. The third-order valence-electron chi connectivity index (χ3n) is 5.20. The lowest BCUT2D eigenvalue weighted by Gasteiger charge is -2.22. The van der Waals surface area contributed by atoms with Crippen molar-refractivity contribution in [1.82, 2.24) is 19.6 Å². The van der Waals surface area contributed by atoms with Crippen LogP contribution in [0.25, 0.3) is 5.65 Å². The van der Waals surface area contributed by atoms with E-state index in [4.69, 9.17) is 4.74 Å². The summed E-state index contributed by atoms with van der Waals surface area (Å²) < 4.78 is 20.3. The van der Waals surface area contributed by atoms with E-state index in [9.17, 15) is 14.0 Å². The Labute approximate surface area is 162 Å². The van der Waals surface area contributed by atoms with E-state index in [-0.39, 0.29) is 36.2 Å². The Morgan fingerprint density at radius 1 is 1.29 bits per heavy atom. The molecule has 8 heteroatoms. The van der Waals surface area contributed by atoms with Gasteiger partial charge in [-0.25, -0.2) is 9.37 Å². The van der Waals surface area contributed by atoms with Crippen molar-refractivity contribution in [3.05, 3.63) is 36.0 Å². The lowest BCUT2D eigenvalue weighted by molar-refractivity contribution is -0.131. The summed E-state index contributed by atoms with van der Waals surface area (Å²) in [7, 11) is 0. The normalized spacial score (nSPS) is 19.1. The summed E-state index contributed by atoms with van der Waals surface area (Å²) in [6.45, 7) is 1.79. The molecule has 4 rings (SSSR count). The van der Waals surface area contributed by atoms with Gasteiger partial charge in [-0.2, -0.15) is 0 Å². The van der Waals surface area contributed by atoms with Gasteiger partial charge in [-0.15, -0.1) is 0 Å². The monoisotopic (exact) mass is 388 g/mol. The standard InChI is InChI=1S/C20H25FN4O3/c21-14-4-7-18-23-15(13-24(18)12-14)11-19(26)25(16-5-6-16)9-2-8-22-20(27)17-3-1-10-28-17/h4,7,12-13,16-17H,1-3,5-6,8-11H2,(H,22,27). The third kappa shape index (κ3) is 4.49. The van der Waals surface area contributed by atoms with Crippen molar-refractivity contribution in [2.45, 2.75) is 50.7 Å². The minimum atomic E-state index is -0.340. The fourth-order valence-corrected chi connectivity index (χ4v) is 3.62. The zero-order chi connectivity index (χ0) is 19.5. The smallest absolute Gasteiger partial charge is 0.249 e. The number of carbonyl (C=O) groups excluding carboxylic acids is 2. The van der Waals surface area contributed by atoms with Crippen molar-refractivity contribution < 1.29 is 18.7 Å². The van der Waals surface area contributed by atoms with E-state index in [1.807, 2.05) is 4.90 Å². The molecule has 2 aromatic rings. The van der Waals surface area contributed by atoms with E-state index in [0.29, 0.717) is 37.5 Å². The third-order valence-corrected chi connectivity index (χ3v) is 5.20. The molecule has 1 atom stereocenters. The first-order valence-electron chi connectivity index (χ1n) is 9.92. The van der Waals surface area contributed by atoms with Crippen LogP contribution < -0.4 is 5.32 Å². The molecule has 2 aliphatic rings. The number of hydrogen-bond acceptors (Lipinski definition) is 4. The average Bonchev–Trinajstić information content (AvgIpc) is 3.19. The molecular formula is C20H25FN4O3.